The summed E-state index contributed by atoms with van der Waals surface area (Å²) in [5.41, 5.74) is 1.51. The van der Waals surface area contributed by atoms with Gasteiger partial charge in [-0.15, -0.1) is 0 Å². The van der Waals surface area contributed by atoms with Crippen LogP contribution in [0.25, 0.3) is 0 Å². The number of ketones is 1. The average Bonchev–Trinajstić information content (AvgIpc) is 3.36. The van der Waals surface area contributed by atoms with E-state index in [0.29, 0.717) is 55.3 Å². The molecule has 2 aromatic carbocycles. The van der Waals surface area contributed by atoms with E-state index in [2.05, 4.69) is 6.92 Å². The quantitative estimate of drug-likeness (QED) is 0.170. The van der Waals surface area contributed by atoms with Crippen molar-refractivity contribution in [3.8, 4) is 23.0 Å². The lowest BCUT2D eigenvalue weighted by atomic mass is 9.80. The number of carbonyl (C=O) groups is 2. The van der Waals surface area contributed by atoms with E-state index >= 15 is 0 Å². The first kappa shape index (κ1) is 27.6. The molecule has 0 spiro atoms. The Hall–Kier alpha value is -3.02. The van der Waals surface area contributed by atoms with Crippen LogP contribution in [-0.2, 0) is 16.6 Å². The number of phenolic OH excluding ortho intramolecular Hbond substituents is 1. The number of phenols is 1. The summed E-state index contributed by atoms with van der Waals surface area (Å²) in [6.07, 6.45) is 9.04. The Morgan fingerprint density at radius 1 is 0.944 bits per heavy atom. The number of aldehydes is 1. The number of aromatic hydroxyl groups is 1. The Labute approximate surface area is 215 Å². The van der Waals surface area contributed by atoms with E-state index in [1.165, 1.54) is 6.92 Å². The number of ether oxygens (including phenoxy) is 3. The Morgan fingerprint density at radius 3 is 2.17 bits per heavy atom. The summed E-state index contributed by atoms with van der Waals surface area (Å²) in [5.74, 6) is 1.88. The van der Waals surface area contributed by atoms with E-state index in [1.54, 1.807) is 12.1 Å². The minimum absolute atomic E-state index is 0.0153. The highest BCUT2D eigenvalue weighted by molar-refractivity contribution is 5.97. The molecule has 3 rings (SSSR count). The second kappa shape index (κ2) is 13.3. The van der Waals surface area contributed by atoms with Gasteiger partial charge in [-0.2, -0.15) is 0 Å². The van der Waals surface area contributed by atoms with E-state index in [-0.39, 0.29) is 11.5 Å². The Morgan fingerprint density at radius 2 is 1.58 bits per heavy atom. The summed E-state index contributed by atoms with van der Waals surface area (Å²) in [7, 11) is 0. The zero-order valence-electron chi connectivity index (χ0n) is 21.9. The van der Waals surface area contributed by atoms with Crippen molar-refractivity contribution in [2.45, 2.75) is 84.0 Å². The molecule has 0 amide bonds. The molecule has 196 valence electrons. The molecule has 0 heterocycles. The summed E-state index contributed by atoms with van der Waals surface area (Å²) in [5, 5.41) is 10.5. The van der Waals surface area contributed by atoms with Crippen LogP contribution in [0.4, 0.5) is 0 Å². The Kier molecular flexibility index (Phi) is 10.2. The average molecular weight is 497 g/mol. The van der Waals surface area contributed by atoms with E-state index < -0.39 is 5.41 Å². The third-order valence-corrected chi connectivity index (χ3v) is 6.88. The van der Waals surface area contributed by atoms with Crippen molar-refractivity contribution in [3.05, 3.63) is 47.0 Å². The van der Waals surface area contributed by atoms with Crippen molar-refractivity contribution in [2.24, 2.45) is 0 Å². The molecule has 0 aromatic heterocycles. The van der Waals surface area contributed by atoms with Crippen molar-refractivity contribution in [2.75, 3.05) is 19.8 Å². The molecule has 6 heteroatoms. The number of rotatable bonds is 15. The van der Waals surface area contributed by atoms with Crippen LogP contribution in [-0.4, -0.2) is 37.0 Å². The maximum atomic E-state index is 12.1. The van der Waals surface area contributed by atoms with Crippen LogP contribution in [0.2, 0.25) is 0 Å². The van der Waals surface area contributed by atoms with Crippen molar-refractivity contribution in [1.29, 1.82) is 0 Å². The van der Waals surface area contributed by atoms with Gasteiger partial charge in [0, 0.05) is 18.1 Å². The van der Waals surface area contributed by atoms with E-state index in [1.807, 2.05) is 25.1 Å². The fourth-order valence-electron chi connectivity index (χ4n) is 4.80. The first-order valence-electron chi connectivity index (χ1n) is 13.3. The number of benzene rings is 2. The number of hydrogen-bond acceptors (Lipinski definition) is 6. The zero-order chi connectivity index (χ0) is 26.0. The van der Waals surface area contributed by atoms with Crippen LogP contribution < -0.4 is 14.2 Å². The lowest BCUT2D eigenvalue weighted by Crippen LogP contribution is -2.24. The normalized spacial score (nSPS) is 14.4. The molecule has 0 aliphatic heterocycles. The van der Waals surface area contributed by atoms with Gasteiger partial charge in [0.05, 0.1) is 30.8 Å². The smallest absolute Gasteiger partial charge is 0.163 e. The van der Waals surface area contributed by atoms with Gasteiger partial charge in [-0.1, -0.05) is 39.5 Å². The SMILES string of the molecule is CCCCOc1cc(OCCCOc2ccc(C(C)=O)c(O)c2CCC)cc(C2(C=O)CCCC2)c1. The third-order valence-electron chi connectivity index (χ3n) is 6.88. The third kappa shape index (κ3) is 6.80. The van der Waals surface area contributed by atoms with Gasteiger partial charge in [0.15, 0.2) is 5.78 Å². The van der Waals surface area contributed by atoms with Crippen LogP contribution in [0.5, 0.6) is 23.0 Å². The van der Waals surface area contributed by atoms with Gasteiger partial charge in [-0.05, 0) is 62.4 Å². The topological polar surface area (TPSA) is 82.1 Å². The zero-order valence-corrected chi connectivity index (χ0v) is 21.9. The predicted octanol–water partition coefficient (Wildman–Crippen LogP) is 6.58. The number of unbranched alkanes of at least 4 members (excludes halogenated alkanes) is 1. The van der Waals surface area contributed by atoms with Crippen molar-refractivity contribution >= 4 is 12.1 Å². The minimum Gasteiger partial charge on any atom is -0.507 e. The maximum Gasteiger partial charge on any atom is 0.163 e. The fraction of sp³-hybridized carbons (Fsp3) is 0.533. The van der Waals surface area contributed by atoms with Crippen LogP contribution in [0.15, 0.2) is 30.3 Å². The standard InChI is InChI=1S/C30H40O6/c1-4-6-15-34-24-18-23(30(21-31)13-7-8-14-30)19-25(20-24)35-16-9-17-36-28-12-11-26(22(3)32)29(33)27(28)10-5-2/h11-12,18-21,33H,4-10,13-17H2,1-3H3. The van der Waals surface area contributed by atoms with Crippen LogP contribution in [0.1, 0.15) is 93.6 Å². The number of Topliss-reactive ketones (excluding diaryl/α,β-unsaturated/α-hetero) is 1. The maximum absolute atomic E-state index is 12.1. The molecule has 1 fully saturated rings. The molecule has 1 aliphatic rings. The van der Waals surface area contributed by atoms with Crippen molar-refractivity contribution < 1.29 is 28.9 Å². The molecule has 0 atom stereocenters. The monoisotopic (exact) mass is 496 g/mol. The van der Waals surface area contributed by atoms with Gasteiger partial charge < -0.3 is 24.1 Å². The molecule has 1 saturated carbocycles. The summed E-state index contributed by atoms with van der Waals surface area (Å²) in [6, 6.07) is 9.24. The molecule has 0 unspecified atom stereocenters. The van der Waals surface area contributed by atoms with Crippen molar-refractivity contribution in [1.82, 2.24) is 0 Å². The highest BCUT2D eigenvalue weighted by atomic mass is 16.5. The number of hydrogen-bond donors (Lipinski definition) is 1. The van der Waals surface area contributed by atoms with Gasteiger partial charge >= 0.3 is 0 Å². The molecular weight excluding hydrogens is 456 g/mol. The summed E-state index contributed by atoms with van der Waals surface area (Å²) in [6.45, 7) is 7.07. The van der Waals surface area contributed by atoms with Gasteiger partial charge in [0.1, 0.15) is 29.3 Å². The highest BCUT2D eigenvalue weighted by Gasteiger charge is 2.36. The van der Waals surface area contributed by atoms with Gasteiger partial charge in [0.2, 0.25) is 0 Å². The predicted molar refractivity (Wildman–Crippen MR) is 141 cm³/mol. The molecule has 36 heavy (non-hydrogen) atoms. The van der Waals surface area contributed by atoms with Crippen LogP contribution in [0.3, 0.4) is 0 Å². The molecule has 1 N–H and O–H groups in total. The van der Waals surface area contributed by atoms with Crippen LogP contribution >= 0.6 is 0 Å². The van der Waals surface area contributed by atoms with Gasteiger partial charge in [0.25, 0.3) is 0 Å². The molecule has 2 aromatic rings. The summed E-state index contributed by atoms with van der Waals surface area (Å²) in [4.78, 5) is 23.8. The highest BCUT2D eigenvalue weighted by Crippen LogP contribution is 2.42. The molecule has 0 radical (unpaired) electrons. The van der Waals surface area contributed by atoms with Gasteiger partial charge in [-0.25, -0.2) is 0 Å². The van der Waals surface area contributed by atoms with E-state index in [4.69, 9.17) is 14.2 Å². The largest absolute Gasteiger partial charge is 0.507 e. The minimum atomic E-state index is -0.449. The summed E-state index contributed by atoms with van der Waals surface area (Å²) >= 11 is 0. The van der Waals surface area contributed by atoms with E-state index in [0.717, 1.165) is 62.5 Å². The first-order valence-corrected chi connectivity index (χ1v) is 13.3. The summed E-state index contributed by atoms with van der Waals surface area (Å²) < 4.78 is 18.0. The molecule has 6 nitrogen and oxygen atoms in total. The fourth-order valence-corrected chi connectivity index (χ4v) is 4.80. The van der Waals surface area contributed by atoms with Crippen molar-refractivity contribution in [3.63, 3.8) is 0 Å². The van der Waals surface area contributed by atoms with E-state index in [9.17, 15) is 14.7 Å². The lowest BCUT2D eigenvalue weighted by Gasteiger charge is -2.24. The molecular formula is C30H40O6. The second-order valence-electron chi connectivity index (χ2n) is 9.67. The molecule has 0 bridgehead atoms. The number of carbonyl (C=O) groups excluding carboxylic acids is 2. The van der Waals surface area contributed by atoms with Gasteiger partial charge in [-0.3, -0.25) is 4.79 Å². The molecule has 0 saturated heterocycles. The Bertz CT molecular complexity index is 1020. The second-order valence-corrected chi connectivity index (χ2v) is 9.67. The lowest BCUT2D eigenvalue weighted by molar-refractivity contribution is -0.112. The Balaban J connectivity index is 1.64. The molecule has 1 aliphatic carbocycles. The van der Waals surface area contributed by atoms with Crippen LogP contribution in [0, 0.1) is 0 Å². The first-order chi connectivity index (χ1) is 17.4.